The maximum Gasteiger partial charge on any atom is 0.130 e. The van der Waals surface area contributed by atoms with Gasteiger partial charge in [0, 0.05) is 4.47 Å². The van der Waals surface area contributed by atoms with Crippen molar-refractivity contribution in [3.8, 4) is 18.2 Å². The van der Waals surface area contributed by atoms with Gasteiger partial charge in [0.1, 0.15) is 23.8 Å². The molecule has 0 N–H and O–H groups in total. The first kappa shape index (κ1) is 11.0. The summed E-state index contributed by atoms with van der Waals surface area (Å²) >= 11 is 3.22. The van der Waals surface area contributed by atoms with Gasteiger partial charge in [-0.05, 0) is 33.6 Å². The van der Waals surface area contributed by atoms with Crippen LogP contribution in [0.5, 0.6) is 0 Å². The van der Waals surface area contributed by atoms with Crippen molar-refractivity contribution in [2.24, 2.45) is 0 Å². The average molecular weight is 258 g/mol. The minimum absolute atomic E-state index is 0.0235. The topological polar surface area (TPSA) is 71.4 Å². The van der Waals surface area contributed by atoms with E-state index in [-0.39, 0.29) is 5.57 Å². The van der Waals surface area contributed by atoms with Gasteiger partial charge in [-0.2, -0.15) is 15.8 Å². The van der Waals surface area contributed by atoms with Crippen LogP contribution in [0.3, 0.4) is 0 Å². The van der Waals surface area contributed by atoms with Crippen molar-refractivity contribution in [3.05, 3.63) is 39.4 Å². The van der Waals surface area contributed by atoms with Gasteiger partial charge in [-0.25, -0.2) is 0 Å². The van der Waals surface area contributed by atoms with Crippen LogP contribution in [0.4, 0.5) is 0 Å². The Balaban J connectivity index is 3.37. The van der Waals surface area contributed by atoms with Crippen LogP contribution in [0, 0.1) is 34.0 Å². The Morgan fingerprint density at radius 3 is 2.40 bits per heavy atom. The highest BCUT2D eigenvalue weighted by atomic mass is 79.9. The molecule has 15 heavy (non-hydrogen) atoms. The second-order valence-electron chi connectivity index (χ2n) is 2.60. The summed E-state index contributed by atoms with van der Waals surface area (Å²) in [5.41, 5.74) is 0.954. The first-order chi connectivity index (χ1) is 7.22. The third-order valence-corrected chi connectivity index (χ3v) is 2.36. The van der Waals surface area contributed by atoms with Crippen molar-refractivity contribution >= 4 is 22.0 Å². The Labute approximate surface area is 95.6 Å². The maximum absolute atomic E-state index is 8.88. The Morgan fingerprint density at radius 1 is 1.20 bits per heavy atom. The van der Waals surface area contributed by atoms with Gasteiger partial charge < -0.3 is 0 Å². The predicted molar refractivity (Wildman–Crippen MR) is 58.1 cm³/mol. The summed E-state index contributed by atoms with van der Waals surface area (Å²) < 4.78 is 0.647. The molecule has 0 unspecified atom stereocenters. The largest absolute Gasteiger partial charge is 0.192 e. The minimum atomic E-state index is -0.0235. The summed E-state index contributed by atoms with van der Waals surface area (Å²) in [6.45, 7) is 0. The van der Waals surface area contributed by atoms with Crippen LogP contribution in [0.2, 0.25) is 0 Å². The van der Waals surface area contributed by atoms with Gasteiger partial charge in [0.15, 0.2) is 0 Å². The van der Waals surface area contributed by atoms with Gasteiger partial charge >= 0.3 is 0 Å². The number of benzene rings is 1. The molecule has 0 spiro atoms. The molecule has 3 nitrogen and oxygen atoms in total. The van der Waals surface area contributed by atoms with E-state index in [4.69, 9.17) is 15.8 Å². The Bertz CT molecular complexity index is 522. The summed E-state index contributed by atoms with van der Waals surface area (Å²) in [6.07, 6.45) is 1.39. The highest BCUT2D eigenvalue weighted by Crippen LogP contribution is 2.21. The molecular formula is C11H4BrN3. The molecular weight excluding hydrogens is 254 g/mol. The SMILES string of the molecule is N#CC(C#N)=Cc1cccc(Br)c1C#N. The quantitative estimate of drug-likeness (QED) is 0.727. The van der Waals surface area contributed by atoms with Crippen LogP contribution in [-0.2, 0) is 0 Å². The zero-order valence-electron chi connectivity index (χ0n) is 7.53. The second-order valence-corrected chi connectivity index (χ2v) is 3.45. The molecule has 70 valence electrons. The molecule has 0 bridgehead atoms. The maximum atomic E-state index is 8.88. The van der Waals surface area contributed by atoms with Crippen LogP contribution < -0.4 is 0 Å². The number of hydrogen-bond acceptors (Lipinski definition) is 3. The molecule has 0 saturated carbocycles. The van der Waals surface area contributed by atoms with Gasteiger partial charge in [0.05, 0.1) is 5.56 Å². The van der Waals surface area contributed by atoms with E-state index in [9.17, 15) is 0 Å². The van der Waals surface area contributed by atoms with E-state index < -0.39 is 0 Å². The van der Waals surface area contributed by atoms with Crippen molar-refractivity contribution in [2.75, 3.05) is 0 Å². The van der Waals surface area contributed by atoms with Crippen LogP contribution in [0.25, 0.3) is 6.08 Å². The Kier molecular flexibility index (Phi) is 3.63. The monoisotopic (exact) mass is 257 g/mol. The summed E-state index contributed by atoms with van der Waals surface area (Å²) in [5.74, 6) is 0. The third kappa shape index (κ3) is 2.44. The van der Waals surface area contributed by atoms with Crippen molar-refractivity contribution < 1.29 is 0 Å². The lowest BCUT2D eigenvalue weighted by molar-refractivity contribution is 1.44. The van der Waals surface area contributed by atoms with Gasteiger partial charge in [0.2, 0.25) is 0 Å². The molecule has 1 rings (SSSR count). The molecule has 0 saturated heterocycles. The summed E-state index contributed by atoms with van der Waals surface area (Å²) in [7, 11) is 0. The van der Waals surface area contributed by atoms with E-state index in [2.05, 4.69) is 15.9 Å². The van der Waals surface area contributed by atoms with Crippen molar-refractivity contribution in [3.63, 3.8) is 0 Å². The van der Waals surface area contributed by atoms with Gasteiger partial charge in [-0.3, -0.25) is 0 Å². The molecule has 0 aliphatic carbocycles. The molecule has 0 aliphatic rings. The van der Waals surface area contributed by atoms with E-state index in [1.165, 1.54) is 6.08 Å². The molecule has 0 atom stereocenters. The van der Waals surface area contributed by atoms with Crippen LogP contribution in [-0.4, -0.2) is 0 Å². The Morgan fingerprint density at radius 2 is 1.87 bits per heavy atom. The molecule has 1 aromatic rings. The smallest absolute Gasteiger partial charge is 0.130 e. The van der Waals surface area contributed by atoms with E-state index >= 15 is 0 Å². The van der Waals surface area contributed by atoms with Crippen molar-refractivity contribution in [1.29, 1.82) is 15.8 Å². The standard InChI is InChI=1S/C11H4BrN3/c12-11-3-1-2-9(10(11)7-15)4-8(5-13)6-14/h1-4H. The van der Waals surface area contributed by atoms with Gasteiger partial charge in [0.25, 0.3) is 0 Å². The molecule has 0 radical (unpaired) electrons. The Hall–Kier alpha value is -2.09. The number of rotatable bonds is 1. The fourth-order valence-corrected chi connectivity index (χ4v) is 1.49. The van der Waals surface area contributed by atoms with Gasteiger partial charge in [-0.15, -0.1) is 0 Å². The summed E-state index contributed by atoms with van der Waals surface area (Å²) in [6, 6.07) is 10.6. The van der Waals surface area contributed by atoms with E-state index in [1.54, 1.807) is 30.3 Å². The first-order valence-electron chi connectivity index (χ1n) is 3.93. The molecule has 0 aromatic heterocycles. The molecule has 0 amide bonds. The van der Waals surface area contributed by atoms with E-state index in [1.807, 2.05) is 6.07 Å². The first-order valence-corrected chi connectivity index (χ1v) is 4.72. The number of hydrogen-bond donors (Lipinski definition) is 0. The minimum Gasteiger partial charge on any atom is -0.192 e. The zero-order valence-corrected chi connectivity index (χ0v) is 9.12. The number of nitrogens with zero attached hydrogens (tertiary/aromatic N) is 3. The molecule has 0 aliphatic heterocycles. The summed E-state index contributed by atoms with van der Waals surface area (Å²) in [4.78, 5) is 0. The van der Waals surface area contributed by atoms with Gasteiger partial charge in [-0.1, -0.05) is 12.1 Å². The lowest BCUT2D eigenvalue weighted by Crippen LogP contribution is -1.84. The van der Waals surface area contributed by atoms with Crippen LogP contribution in [0.1, 0.15) is 11.1 Å². The lowest BCUT2D eigenvalue weighted by Gasteiger charge is -1.99. The second kappa shape index (κ2) is 4.96. The summed E-state index contributed by atoms with van der Waals surface area (Å²) in [5, 5.41) is 26.1. The highest BCUT2D eigenvalue weighted by Gasteiger charge is 2.04. The predicted octanol–water partition coefficient (Wildman–Crippen LogP) is 2.75. The zero-order chi connectivity index (χ0) is 11.3. The number of nitriles is 3. The fraction of sp³-hybridized carbons (Fsp3) is 0. The highest BCUT2D eigenvalue weighted by molar-refractivity contribution is 9.10. The van der Waals surface area contributed by atoms with Crippen molar-refractivity contribution in [1.82, 2.24) is 0 Å². The number of halogens is 1. The van der Waals surface area contributed by atoms with Crippen molar-refractivity contribution in [2.45, 2.75) is 0 Å². The van der Waals surface area contributed by atoms with Crippen LogP contribution in [0.15, 0.2) is 28.2 Å². The molecule has 0 heterocycles. The third-order valence-electron chi connectivity index (χ3n) is 1.70. The lowest BCUT2D eigenvalue weighted by atomic mass is 10.1. The fourth-order valence-electron chi connectivity index (χ4n) is 1.02. The van der Waals surface area contributed by atoms with E-state index in [0.29, 0.717) is 15.6 Å². The molecule has 0 fully saturated rings. The normalized spacial score (nSPS) is 8.13. The van der Waals surface area contributed by atoms with Crippen LogP contribution >= 0.6 is 15.9 Å². The van der Waals surface area contributed by atoms with E-state index in [0.717, 1.165) is 0 Å². The number of allylic oxidation sites excluding steroid dienone is 1. The molecule has 1 aromatic carbocycles. The molecule has 4 heteroatoms. The average Bonchev–Trinajstić information content (AvgIpc) is 2.26.